The van der Waals surface area contributed by atoms with Crippen LogP contribution in [-0.4, -0.2) is 16.4 Å². The highest BCUT2D eigenvalue weighted by Crippen LogP contribution is 2.32. The number of nitrogens with one attached hydrogen (secondary N) is 1. The predicted molar refractivity (Wildman–Crippen MR) is 77.0 cm³/mol. The smallest absolute Gasteiger partial charge is 0.273 e. The molecule has 19 heavy (non-hydrogen) atoms. The zero-order valence-corrected chi connectivity index (χ0v) is 12.6. The highest BCUT2D eigenvalue weighted by molar-refractivity contribution is 9.10. The number of hydrogen-bond donors (Lipinski definition) is 2. The van der Waals surface area contributed by atoms with Gasteiger partial charge in [0.05, 0.1) is 4.92 Å². The van der Waals surface area contributed by atoms with Crippen LogP contribution in [-0.2, 0) is 4.79 Å². The van der Waals surface area contributed by atoms with Crippen LogP contribution in [0.5, 0.6) is 0 Å². The first kappa shape index (κ1) is 15.4. The standard InChI is InChI=1S/C12H16BrN3O3/c1-7-4-9(8(13)5-10(7)16(18)19)15-12(2,3)6-11(14)17/h4-5,15H,6H2,1-3H3,(H2,14,17). The third-order valence-corrected chi connectivity index (χ3v) is 3.23. The van der Waals surface area contributed by atoms with E-state index < -0.39 is 16.4 Å². The van der Waals surface area contributed by atoms with Crippen molar-refractivity contribution < 1.29 is 9.72 Å². The highest BCUT2D eigenvalue weighted by atomic mass is 79.9. The number of halogens is 1. The lowest BCUT2D eigenvalue weighted by atomic mass is 9.99. The van der Waals surface area contributed by atoms with Gasteiger partial charge in [0.1, 0.15) is 0 Å². The molecule has 0 saturated carbocycles. The average Bonchev–Trinajstić information content (AvgIpc) is 2.19. The van der Waals surface area contributed by atoms with Crippen molar-refractivity contribution in [2.24, 2.45) is 5.73 Å². The van der Waals surface area contributed by atoms with Gasteiger partial charge >= 0.3 is 0 Å². The van der Waals surface area contributed by atoms with Gasteiger partial charge in [0, 0.05) is 33.7 Å². The van der Waals surface area contributed by atoms with Crippen LogP contribution in [0.4, 0.5) is 11.4 Å². The van der Waals surface area contributed by atoms with Gasteiger partial charge in [-0.05, 0) is 42.8 Å². The van der Waals surface area contributed by atoms with Crippen molar-refractivity contribution >= 4 is 33.2 Å². The Labute approximate surface area is 119 Å². The summed E-state index contributed by atoms with van der Waals surface area (Å²) in [5, 5.41) is 14.0. The van der Waals surface area contributed by atoms with E-state index in [1.165, 1.54) is 6.07 Å². The molecule has 0 spiro atoms. The summed E-state index contributed by atoms with van der Waals surface area (Å²) >= 11 is 3.29. The Morgan fingerprint density at radius 3 is 2.58 bits per heavy atom. The summed E-state index contributed by atoms with van der Waals surface area (Å²) in [5.74, 6) is -0.410. The molecule has 104 valence electrons. The molecular weight excluding hydrogens is 314 g/mol. The van der Waals surface area contributed by atoms with E-state index in [2.05, 4.69) is 21.2 Å². The van der Waals surface area contributed by atoms with Crippen molar-refractivity contribution in [3.05, 3.63) is 32.3 Å². The van der Waals surface area contributed by atoms with Crippen LogP contribution in [0.25, 0.3) is 0 Å². The first-order chi connectivity index (χ1) is 8.62. The molecule has 0 heterocycles. The second kappa shape index (κ2) is 5.56. The zero-order valence-electron chi connectivity index (χ0n) is 11.0. The maximum atomic E-state index is 11.0. The predicted octanol–water partition coefficient (Wildman–Crippen LogP) is 2.73. The van der Waals surface area contributed by atoms with Crippen molar-refractivity contribution in [2.75, 3.05) is 5.32 Å². The van der Waals surface area contributed by atoms with E-state index in [1.54, 1.807) is 13.0 Å². The summed E-state index contributed by atoms with van der Waals surface area (Å²) in [5.41, 5.74) is 5.94. The van der Waals surface area contributed by atoms with Crippen LogP contribution in [0.1, 0.15) is 25.8 Å². The fraction of sp³-hybridized carbons (Fsp3) is 0.417. The fourth-order valence-corrected chi connectivity index (χ4v) is 2.24. The first-order valence-electron chi connectivity index (χ1n) is 5.63. The number of hydrogen-bond acceptors (Lipinski definition) is 4. The van der Waals surface area contributed by atoms with E-state index in [9.17, 15) is 14.9 Å². The summed E-state index contributed by atoms with van der Waals surface area (Å²) in [6.45, 7) is 5.33. The Morgan fingerprint density at radius 2 is 2.11 bits per heavy atom. The molecular formula is C12H16BrN3O3. The van der Waals surface area contributed by atoms with E-state index >= 15 is 0 Å². The zero-order chi connectivity index (χ0) is 14.8. The molecule has 1 aromatic carbocycles. The Kier molecular flexibility index (Phi) is 4.52. The van der Waals surface area contributed by atoms with Crippen molar-refractivity contribution in [3.63, 3.8) is 0 Å². The number of nitrogens with two attached hydrogens (primary N) is 1. The Bertz CT molecular complexity index is 529. The van der Waals surface area contributed by atoms with Gasteiger partial charge in [-0.3, -0.25) is 14.9 Å². The fourth-order valence-electron chi connectivity index (χ4n) is 1.81. The number of benzene rings is 1. The van der Waals surface area contributed by atoms with Gasteiger partial charge in [0.25, 0.3) is 5.69 Å². The Balaban J connectivity index is 3.06. The number of anilines is 1. The van der Waals surface area contributed by atoms with Crippen LogP contribution in [0.3, 0.4) is 0 Å². The summed E-state index contributed by atoms with van der Waals surface area (Å²) < 4.78 is 0.572. The third-order valence-electron chi connectivity index (χ3n) is 2.57. The molecule has 0 radical (unpaired) electrons. The highest BCUT2D eigenvalue weighted by Gasteiger charge is 2.23. The van der Waals surface area contributed by atoms with Crippen LogP contribution in [0.2, 0.25) is 0 Å². The van der Waals surface area contributed by atoms with Gasteiger partial charge in [0.2, 0.25) is 5.91 Å². The van der Waals surface area contributed by atoms with E-state index in [0.717, 1.165) is 0 Å². The number of amides is 1. The van der Waals surface area contributed by atoms with Crippen molar-refractivity contribution in [3.8, 4) is 0 Å². The lowest BCUT2D eigenvalue weighted by molar-refractivity contribution is -0.385. The molecule has 1 aromatic rings. The van der Waals surface area contributed by atoms with Crippen molar-refractivity contribution in [2.45, 2.75) is 32.7 Å². The molecule has 0 bridgehead atoms. The number of nitrogens with zero attached hydrogens (tertiary/aromatic N) is 1. The van der Waals surface area contributed by atoms with Crippen LogP contribution in [0.15, 0.2) is 16.6 Å². The normalized spacial score (nSPS) is 11.2. The van der Waals surface area contributed by atoms with Crippen LogP contribution >= 0.6 is 15.9 Å². The van der Waals surface area contributed by atoms with E-state index in [1.807, 2.05) is 13.8 Å². The van der Waals surface area contributed by atoms with Crippen LogP contribution < -0.4 is 11.1 Å². The molecule has 3 N–H and O–H groups in total. The molecule has 0 fully saturated rings. The number of aryl methyl sites for hydroxylation is 1. The van der Waals surface area contributed by atoms with E-state index in [0.29, 0.717) is 15.7 Å². The quantitative estimate of drug-likeness (QED) is 0.640. The lowest BCUT2D eigenvalue weighted by Gasteiger charge is -2.27. The molecule has 1 rings (SSSR count). The van der Waals surface area contributed by atoms with Gasteiger partial charge in [-0.2, -0.15) is 0 Å². The minimum Gasteiger partial charge on any atom is -0.379 e. The maximum Gasteiger partial charge on any atom is 0.273 e. The number of carbonyl (C=O) groups excluding carboxylic acids is 1. The molecule has 0 unspecified atom stereocenters. The van der Waals surface area contributed by atoms with Crippen molar-refractivity contribution in [1.82, 2.24) is 0 Å². The summed E-state index contributed by atoms with van der Waals surface area (Å²) in [6.07, 6.45) is 0.162. The van der Waals surface area contributed by atoms with Gasteiger partial charge in [0.15, 0.2) is 0 Å². The van der Waals surface area contributed by atoms with Gasteiger partial charge in [-0.15, -0.1) is 0 Å². The minimum atomic E-state index is -0.531. The maximum absolute atomic E-state index is 11.0. The summed E-state index contributed by atoms with van der Waals surface area (Å²) in [4.78, 5) is 21.4. The number of primary amides is 1. The first-order valence-corrected chi connectivity index (χ1v) is 6.43. The van der Waals surface area contributed by atoms with Gasteiger partial charge in [-0.25, -0.2) is 0 Å². The molecule has 0 aliphatic rings. The number of carbonyl (C=O) groups is 1. The Morgan fingerprint density at radius 1 is 1.53 bits per heavy atom. The molecule has 0 atom stereocenters. The largest absolute Gasteiger partial charge is 0.379 e. The molecule has 6 nitrogen and oxygen atoms in total. The molecule has 1 amide bonds. The topological polar surface area (TPSA) is 98.3 Å². The Hall–Kier alpha value is -1.63. The second-order valence-corrected chi connectivity index (χ2v) is 5.88. The van der Waals surface area contributed by atoms with E-state index in [-0.39, 0.29) is 12.1 Å². The SMILES string of the molecule is Cc1cc(NC(C)(C)CC(N)=O)c(Br)cc1[N+](=O)[O-]. The molecule has 0 saturated heterocycles. The van der Waals surface area contributed by atoms with Crippen LogP contribution in [0, 0.1) is 17.0 Å². The number of nitro groups is 1. The van der Waals surface area contributed by atoms with Crippen molar-refractivity contribution in [1.29, 1.82) is 0 Å². The van der Waals surface area contributed by atoms with E-state index in [4.69, 9.17) is 5.73 Å². The third kappa shape index (κ3) is 4.20. The second-order valence-electron chi connectivity index (χ2n) is 5.03. The number of rotatable bonds is 5. The molecule has 0 aliphatic heterocycles. The summed E-state index contributed by atoms with van der Waals surface area (Å²) in [7, 11) is 0. The molecule has 0 aromatic heterocycles. The van der Waals surface area contributed by atoms with Gasteiger partial charge in [-0.1, -0.05) is 0 Å². The minimum absolute atomic E-state index is 0.0464. The monoisotopic (exact) mass is 329 g/mol. The number of nitro benzene ring substituents is 1. The molecule has 7 heteroatoms. The lowest BCUT2D eigenvalue weighted by Crippen LogP contribution is -2.36. The average molecular weight is 330 g/mol. The molecule has 0 aliphatic carbocycles. The van der Waals surface area contributed by atoms with Gasteiger partial charge < -0.3 is 11.1 Å². The summed E-state index contributed by atoms with van der Waals surface area (Å²) in [6, 6.07) is 3.11.